The van der Waals surface area contributed by atoms with Crippen molar-refractivity contribution in [1.82, 2.24) is 10.2 Å². The van der Waals surface area contributed by atoms with Gasteiger partial charge in [0.2, 0.25) is 5.91 Å². The van der Waals surface area contributed by atoms with Crippen molar-refractivity contribution in [2.75, 3.05) is 20.6 Å². The van der Waals surface area contributed by atoms with Crippen LogP contribution in [0, 0.1) is 0 Å². The van der Waals surface area contributed by atoms with Gasteiger partial charge in [0.25, 0.3) is 0 Å². The van der Waals surface area contributed by atoms with E-state index in [0.717, 1.165) is 11.3 Å². The van der Waals surface area contributed by atoms with Crippen LogP contribution in [0.5, 0.6) is 0 Å². The third-order valence-electron chi connectivity index (χ3n) is 3.29. The molecule has 1 aromatic heterocycles. The zero-order valence-corrected chi connectivity index (χ0v) is 12.9. The maximum Gasteiger partial charge on any atom is 0.242 e. The molecule has 0 bridgehead atoms. The minimum atomic E-state index is -0.689. The molecule has 21 heavy (non-hydrogen) atoms. The number of nitrogens with one attached hydrogen (secondary N) is 1. The monoisotopic (exact) mass is 306 g/mol. The molecule has 0 spiro atoms. The zero-order chi connectivity index (χ0) is 15.2. The fourth-order valence-corrected chi connectivity index (χ4v) is 2.30. The van der Waals surface area contributed by atoms with Crippen LogP contribution in [-0.4, -0.2) is 31.4 Å². The first-order chi connectivity index (χ1) is 10.1. The van der Waals surface area contributed by atoms with E-state index < -0.39 is 5.38 Å². The second-order valence-corrected chi connectivity index (χ2v) is 5.45. The predicted molar refractivity (Wildman–Crippen MR) is 83.2 cm³/mol. The molecule has 0 radical (unpaired) electrons. The molecule has 0 aliphatic carbocycles. The zero-order valence-electron chi connectivity index (χ0n) is 12.1. The maximum absolute atomic E-state index is 12.1. The number of furan rings is 1. The first-order valence-corrected chi connectivity index (χ1v) is 7.20. The summed E-state index contributed by atoms with van der Waals surface area (Å²) in [7, 11) is 3.88. The lowest BCUT2D eigenvalue weighted by Gasteiger charge is -2.23. The van der Waals surface area contributed by atoms with E-state index in [1.165, 1.54) is 0 Å². The van der Waals surface area contributed by atoms with E-state index in [4.69, 9.17) is 16.0 Å². The molecule has 1 aromatic carbocycles. The summed E-state index contributed by atoms with van der Waals surface area (Å²) in [5.74, 6) is 0.604. The van der Waals surface area contributed by atoms with Gasteiger partial charge in [0.1, 0.15) is 11.1 Å². The minimum Gasteiger partial charge on any atom is -0.468 e. The topological polar surface area (TPSA) is 45.5 Å². The summed E-state index contributed by atoms with van der Waals surface area (Å²) in [4.78, 5) is 14.1. The molecule has 1 amide bonds. The summed E-state index contributed by atoms with van der Waals surface area (Å²) in [6.07, 6.45) is 1.63. The highest BCUT2D eigenvalue weighted by Crippen LogP contribution is 2.21. The first kappa shape index (κ1) is 15.6. The molecule has 0 saturated carbocycles. The van der Waals surface area contributed by atoms with Gasteiger partial charge in [0.05, 0.1) is 12.3 Å². The molecule has 0 aliphatic heterocycles. The highest BCUT2D eigenvalue weighted by molar-refractivity contribution is 6.30. The number of benzene rings is 1. The van der Waals surface area contributed by atoms with Gasteiger partial charge >= 0.3 is 0 Å². The molecule has 2 atom stereocenters. The standard InChI is InChI=1S/C16H19ClN2O2/c1-19(2)13(14-9-6-10-21-14)11-18-16(20)15(17)12-7-4-3-5-8-12/h3-10,13,15H,11H2,1-2H3,(H,18,20). The predicted octanol–water partition coefficient (Wildman–Crippen LogP) is 2.98. The summed E-state index contributed by atoms with van der Waals surface area (Å²) in [6.45, 7) is 0.440. The maximum atomic E-state index is 12.1. The minimum absolute atomic E-state index is 0.0245. The molecule has 0 saturated heterocycles. The normalized spacial score (nSPS) is 13.9. The summed E-state index contributed by atoms with van der Waals surface area (Å²) >= 11 is 6.20. The Balaban J connectivity index is 1.96. The molecule has 0 fully saturated rings. The lowest BCUT2D eigenvalue weighted by molar-refractivity contribution is -0.121. The SMILES string of the molecule is CN(C)C(CNC(=O)C(Cl)c1ccccc1)c1ccco1. The fourth-order valence-electron chi connectivity index (χ4n) is 2.08. The molecule has 1 heterocycles. The van der Waals surface area contributed by atoms with Crippen LogP contribution >= 0.6 is 11.6 Å². The summed E-state index contributed by atoms with van der Waals surface area (Å²) in [5, 5.41) is 2.19. The van der Waals surface area contributed by atoms with Crippen LogP contribution in [0.25, 0.3) is 0 Å². The van der Waals surface area contributed by atoms with Crippen LogP contribution in [0.2, 0.25) is 0 Å². The Morgan fingerprint density at radius 3 is 2.52 bits per heavy atom. The number of halogens is 1. The van der Waals surface area contributed by atoms with Crippen molar-refractivity contribution < 1.29 is 9.21 Å². The molecular weight excluding hydrogens is 288 g/mol. The molecule has 4 nitrogen and oxygen atoms in total. The van der Waals surface area contributed by atoms with Gasteiger partial charge in [-0.15, -0.1) is 11.6 Å². The number of nitrogens with zero attached hydrogens (tertiary/aromatic N) is 1. The van der Waals surface area contributed by atoms with E-state index in [-0.39, 0.29) is 11.9 Å². The molecule has 1 N–H and O–H groups in total. The van der Waals surface area contributed by atoms with Crippen molar-refractivity contribution in [3.8, 4) is 0 Å². The number of rotatable bonds is 6. The Kier molecular flexibility index (Phi) is 5.42. The van der Waals surface area contributed by atoms with E-state index in [9.17, 15) is 4.79 Å². The van der Waals surface area contributed by atoms with E-state index in [2.05, 4.69) is 5.32 Å². The summed E-state index contributed by atoms with van der Waals surface area (Å²) in [6, 6.07) is 13.0. The van der Waals surface area contributed by atoms with Crippen LogP contribution in [0.15, 0.2) is 53.1 Å². The van der Waals surface area contributed by atoms with Gasteiger partial charge in [-0.1, -0.05) is 30.3 Å². The highest BCUT2D eigenvalue weighted by atomic mass is 35.5. The quantitative estimate of drug-likeness (QED) is 0.835. The molecule has 5 heteroatoms. The Morgan fingerprint density at radius 1 is 1.24 bits per heavy atom. The van der Waals surface area contributed by atoms with Gasteiger partial charge < -0.3 is 9.73 Å². The van der Waals surface area contributed by atoms with Crippen molar-refractivity contribution in [2.24, 2.45) is 0 Å². The number of amides is 1. The highest BCUT2D eigenvalue weighted by Gasteiger charge is 2.21. The van der Waals surface area contributed by atoms with Gasteiger partial charge in [-0.3, -0.25) is 9.69 Å². The first-order valence-electron chi connectivity index (χ1n) is 6.76. The average Bonchev–Trinajstić information content (AvgIpc) is 3.01. The smallest absolute Gasteiger partial charge is 0.242 e. The number of hydrogen-bond donors (Lipinski definition) is 1. The third-order valence-corrected chi connectivity index (χ3v) is 3.74. The Labute approximate surface area is 129 Å². The van der Waals surface area contributed by atoms with E-state index >= 15 is 0 Å². The Morgan fingerprint density at radius 2 is 1.95 bits per heavy atom. The van der Waals surface area contributed by atoms with Gasteiger partial charge in [0.15, 0.2) is 0 Å². The molecule has 2 unspecified atom stereocenters. The number of likely N-dealkylation sites (N-methyl/N-ethyl adjacent to an activating group) is 1. The van der Waals surface area contributed by atoms with Crippen LogP contribution in [0.4, 0.5) is 0 Å². The van der Waals surface area contributed by atoms with Gasteiger partial charge in [-0.25, -0.2) is 0 Å². The van der Waals surface area contributed by atoms with Crippen molar-refractivity contribution in [2.45, 2.75) is 11.4 Å². The number of alkyl halides is 1. The van der Waals surface area contributed by atoms with Crippen LogP contribution in [-0.2, 0) is 4.79 Å². The third kappa shape index (κ3) is 4.09. The molecule has 2 aromatic rings. The lowest BCUT2D eigenvalue weighted by atomic mass is 10.1. The van der Waals surface area contributed by atoms with Crippen molar-refractivity contribution >= 4 is 17.5 Å². The number of carbonyl (C=O) groups excluding carboxylic acids is 1. The van der Waals surface area contributed by atoms with E-state index in [0.29, 0.717) is 6.54 Å². The van der Waals surface area contributed by atoms with Gasteiger partial charge in [-0.2, -0.15) is 0 Å². The molecule has 112 valence electrons. The Hall–Kier alpha value is -1.78. The van der Waals surface area contributed by atoms with E-state index in [1.54, 1.807) is 6.26 Å². The van der Waals surface area contributed by atoms with Crippen LogP contribution in [0.3, 0.4) is 0 Å². The number of hydrogen-bond acceptors (Lipinski definition) is 3. The summed E-state index contributed by atoms with van der Waals surface area (Å²) in [5.41, 5.74) is 0.788. The van der Waals surface area contributed by atoms with Crippen molar-refractivity contribution in [1.29, 1.82) is 0 Å². The Bertz CT molecular complexity index is 555. The summed E-state index contributed by atoms with van der Waals surface area (Å²) < 4.78 is 5.41. The van der Waals surface area contributed by atoms with E-state index in [1.807, 2.05) is 61.5 Å². The average molecular weight is 307 g/mol. The second-order valence-electron chi connectivity index (χ2n) is 5.01. The fraction of sp³-hybridized carbons (Fsp3) is 0.312. The molecule has 0 aliphatic rings. The number of carbonyl (C=O) groups is 1. The molecular formula is C16H19ClN2O2. The van der Waals surface area contributed by atoms with Crippen LogP contribution in [0.1, 0.15) is 22.7 Å². The second kappa shape index (κ2) is 7.29. The van der Waals surface area contributed by atoms with Crippen LogP contribution < -0.4 is 5.32 Å². The lowest BCUT2D eigenvalue weighted by Crippen LogP contribution is -2.35. The molecule has 2 rings (SSSR count). The van der Waals surface area contributed by atoms with Crippen molar-refractivity contribution in [3.63, 3.8) is 0 Å². The van der Waals surface area contributed by atoms with Gasteiger partial charge in [0, 0.05) is 6.54 Å². The van der Waals surface area contributed by atoms with Gasteiger partial charge in [-0.05, 0) is 31.8 Å². The largest absolute Gasteiger partial charge is 0.468 e. The van der Waals surface area contributed by atoms with Crippen molar-refractivity contribution in [3.05, 3.63) is 60.1 Å².